The van der Waals surface area contributed by atoms with Crippen molar-refractivity contribution in [3.63, 3.8) is 0 Å². The van der Waals surface area contributed by atoms with Crippen LogP contribution in [0.25, 0.3) is 10.1 Å². The normalized spacial score (nSPS) is 10.9. The Morgan fingerprint density at radius 1 is 1.35 bits per heavy atom. The fraction of sp³-hybridized carbons (Fsp3) is 0.357. The molecule has 1 nitrogen and oxygen atoms in total. The molecule has 2 rings (SSSR count). The third-order valence-corrected chi connectivity index (χ3v) is 4.81. The highest BCUT2D eigenvalue weighted by Crippen LogP contribution is 2.32. The molecule has 0 radical (unpaired) electrons. The standard InChI is InChI=1S/C14H15BrOS/c1-2-3-4-8-13(16)11-9-17-14-10(11)6-5-7-12(14)15/h5-7,9H,2-4,8H2,1H3. The Balaban J connectivity index is 2.24. The summed E-state index contributed by atoms with van der Waals surface area (Å²) >= 11 is 5.16. The lowest BCUT2D eigenvalue weighted by atomic mass is 10.0. The van der Waals surface area contributed by atoms with Gasteiger partial charge in [0.2, 0.25) is 0 Å². The van der Waals surface area contributed by atoms with Crippen molar-refractivity contribution in [2.75, 3.05) is 0 Å². The van der Waals surface area contributed by atoms with Crippen LogP contribution >= 0.6 is 27.3 Å². The van der Waals surface area contributed by atoms with E-state index in [4.69, 9.17) is 0 Å². The van der Waals surface area contributed by atoms with Gasteiger partial charge < -0.3 is 0 Å². The summed E-state index contributed by atoms with van der Waals surface area (Å²) in [7, 11) is 0. The molecule has 0 aliphatic carbocycles. The topological polar surface area (TPSA) is 17.1 Å². The predicted molar refractivity (Wildman–Crippen MR) is 78.0 cm³/mol. The summed E-state index contributed by atoms with van der Waals surface area (Å²) in [6, 6.07) is 6.04. The van der Waals surface area contributed by atoms with E-state index >= 15 is 0 Å². The van der Waals surface area contributed by atoms with Gasteiger partial charge in [0.05, 0.1) is 0 Å². The molecular formula is C14H15BrOS. The number of Topliss-reactive ketones (excluding diaryl/α,β-unsaturated/α-hetero) is 1. The zero-order valence-electron chi connectivity index (χ0n) is 9.83. The van der Waals surface area contributed by atoms with Crippen LogP contribution < -0.4 is 0 Å². The van der Waals surface area contributed by atoms with E-state index in [0.717, 1.165) is 34.7 Å². The van der Waals surface area contributed by atoms with E-state index in [1.807, 2.05) is 23.6 Å². The number of hydrogen-bond acceptors (Lipinski definition) is 2. The molecule has 0 atom stereocenters. The van der Waals surface area contributed by atoms with E-state index in [1.165, 1.54) is 4.70 Å². The van der Waals surface area contributed by atoms with Crippen molar-refractivity contribution in [3.05, 3.63) is 33.6 Å². The Hall–Kier alpha value is -0.670. The summed E-state index contributed by atoms with van der Waals surface area (Å²) in [5, 5.41) is 3.08. The van der Waals surface area contributed by atoms with Gasteiger partial charge in [-0.1, -0.05) is 31.9 Å². The molecule has 0 aliphatic heterocycles. The molecule has 0 aliphatic rings. The van der Waals surface area contributed by atoms with Crippen molar-refractivity contribution in [1.82, 2.24) is 0 Å². The number of thiophene rings is 1. The summed E-state index contributed by atoms with van der Waals surface area (Å²) in [4.78, 5) is 12.1. The van der Waals surface area contributed by atoms with Crippen LogP contribution in [0.4, 0.5) is 0 Å². The maximum Gasteiger partial charge on any atom is 0.164 e. The van der Waals surface area contributed by atoms with E-state index in [9.17, 15) is 4.79 Å². The van der Waals surface area contributed by atoms with Gasteiger partial charge in [0.1, 0.15) is 0 Å². The lowest BCUT2D eigenvalue weighted by Crippen LogP contribution is -1.97. The molecule has 17 heavy (non-hydrogen) atoms. The molecule has 0 spiro atoms. The largest absolute Gasteiger partial charge is 0.294 e. The molecule has 0 N–H and O–H groups in total. The van der Waals surface area contributed by atoms with Gasteiger partial charge in [-0.2, -0.15) is 0 Å². The van der Waals surface area contributed by atoms with Gasteiger partial charge in [-0.15, -0.1) is 11.3 Å². The van der Waals surface area contributed by atoms with Gasteiger partial charge in [0, 0.05) is 31.9 Å². The molecule has 1 heterocycles. The highest BCUT2D eigenvalue weighted by Gasteiger charge is 2.12. The fourth-order valence-electron chi connectivity index (χ4n) is 1.91. The van der Waals surface area contributed by atoms with Crippen LogP contribution in [-0.4, -0.2) is 5.78 Å². The van der Waals surface area contributed by atoms with E-state index in [0.29, 0.717) is 6.42 Å². The van der Waals surface area contributed by atoms with Crippen molar-refractivity contribution in [2.45, 2.75) is 32.6 Å². The lowest BCUT2D eigenvalue weighted by Gasteiger charge is -1.99. The summed E-state index contributed by atoms with van der Waals surface area (Å²) in [6.45, 7) is 2.15. The molecule has 3 heteroatoms. The molecule has 1 aromatic heterocycles. The van der Waals surface area contributed by atoms with Crippen LogP contribution in [0.15, 0.2) is 28.1 Å². The Bertz CT molecular complexity index is 530. The number of halogens is 1. The average Bonchev–Trinajstić information content (AvgIpc) is 2.74. The first-order valence-electron chi connectivity index (χ1n) is 5.93. The molecule has 1 aromatic carbocycles. The Labute approximate surface area is 114 Å². The fourth-order valence-corrected chi connectivity index (χ4v) is 3.53. The second-order valence-electron chi connectivity index (χ2n) is 4.15. The highest BCUT2D eigenvalue weighted by atomic mass is 79.9. The molecule has 0 amide bonds. The lowest BCUT2D eigenvalue weighted by molar-refractivity contribution is 0.0981. The smallest absolute Gasteiger partial charge is 0.164 e. The summed E-state index contributed by atoms with van der Waals surface area (Å²) in [5.41, 5.74) is 0.891. The number of ketones is 1. The molecular weight excluding hydrogens is 296 g/mol. The van der Waals surface area contributed by atoms with Crippen LogP contribution in [-0.2, 0) is 0 Å². The molecule has 90 valence electrons. The van der Waals surface area contributed by atoms with E-state index in [2.05, 4.69) is 22.9 Å². The van der Waals surface area contributed by atoms with Crippen LogP contribution in [0, 0.1) is 0 Å². The number of rotatable bonds is 5. The Morgan fingerprint density at radius 3 is 2.94 bits per heavy atom. The first-order chi connectivity index (χ1) is 8.24. The van der Waals surface area contributed by atoms with E-state index in [-0.39, 0.29) is 5.78 Å². The van der Waals surface area contributed by atoms with Crippen molar-refractivity contribution < 1.29 is 4.79 Å². The van der Waals surface area contributed by atoms with E-state index < -0.39 is 0 Å². The minimum Gasteiger partial charge on any atom is -0.294 e. The first-order valence-corrected chi connectivity index (χ1v) is 7.60. The van der Waals surface area contributed by atoms with Crippen LogP contribution in [0.5, 0.6) is 0 Å². The number of carbonyl (C=O) groups is 1. The SMILES string of the molecule is CCCCCC(=O)c1csc2c(Br)cccc12. The minimum atomic E-state index is 0.280. The van der Waals surface area contributed by atoms with Crippen molar-refractivity contribution in [2.24, 2.45) is 0 Å². The van der Waals surface area contributed by atoms with Gasteiger partial charge in [-0.3, -0.25) is 4.79 Å². The van der Waals surface area contributed by atoms with Gasteiger partial charge in [-0.25, -0.2) is 0 Å². The molecule has 0 saturated carbocycles. The maximum atomic E-state index is 12.1. The second kappa shape index (κ2) is 5.78. The highest BCUT2D eigenvalue weighted by molar-refractivity contribution is 9.10. The summed E-state index contributed by atoms with van der Waals surface area (Å²) < 4.78 is 2.25. The van der Waals surface area contributed by atoms with Gasteiger partial charge in [0.25, 0.3) is 0 Å². The van der Waals surface area contributed by atoms with Crippen LogP contribution in [0.1, 0.15) is 43.0 Å². The number of unbranched alkanes of at least 4 members (excludes halogenated alkanes) is 2. The number of carbonyl (C=O) groups excluding carboxylic acids is 1. The summed E-state index contributed by atoms with van der Waals surface area (Å²) in [6.07, 6.45) is 3.97. The van der Waals surface area contributed by atoms with E-state index in [1.54, 1.807) is 11.3 Å². The third-order valence-electron chi connectivity index (χ3n) is 2.86. The van der Waals surface area contributed by atoms with Crippen LogP contribution in [0.3, 0.4) is 0 Å². The molecule has 0 unspecified atom stereocenters. The zero-order valence-corrected chi connectivity index (χ0v) is 12.2. The number of fused-ring (bicyclic) bond motifs is 1. The van der Waals surface area contributed by atoms with Crippen LogP contribution in [0.2, 0.25) is 0 Å². The van der Waals surface area contributed by atoms with Crippen molar-refractivity contribution in [1.29, 1.82) is 0 Å². The minimum absolute atomic E-state index is 0.280. The molecule has 2 aromatic rings. The molecule has 0 bridgehead atoms. The average molecular weight is 311 g/mol. The molecule has 0 fully saturated rings. The maximum absolute atomic E-state index is 12.1. The van der Waals surface area contributed by atoms with Crippen molar-refractivity contribution >= 4 is 43.1 Å². The number of benzene rings is 1. The predicted octanol–water partition coefficient (Wildman–Crippen LogP) is 5.43. The van der Waals surface area contributed by atoms with Gasteiger partial charge in [-0.05, 0) is 28.4 Å². The number of hydrogen-bond donors (Lipinski definition) is 0. The van der Waals surface area contributed by atoms with Crippen molar-refractivity contribution in [3.8, 4) is 0 Å². The zero-order chi connectivity index (χ0) is 12.3. The third kappa shape index (κ3) is 2.78. The Kier molecular flexibility index (Phi) is 4.35. The van der Waals surface area contributed by atoms with Gasteiger partial charge >= 0.3 is 0 Å². The second-order valence-corrected chi connectivity index (χ2v) is 5.88. The Morgan fingerprint density at radius 2 is 2.18 bits per heavy atom. The first kappa shape index (κ1) is 12.8. The summed E-state index contributed by atoms with van der Waals surface area (Å²) in [5.74, 6) is 0.280. The van der Waals surface area contributed by atoms with Gasteiger partial charge in [0.15, 0.2) is 5.78 Å². The molecule has 0 saturated heterocycles. The monoisotopic (exact) mass is 310 g/mol. The quantitative estimate of drug-likeness (QED) is 0.532.